The van der Waals surface area contributed by atoms with Crippen LogP contribution in [0.4, 0.5) is 5.69 Å². The summed E-state index contributed by atoms with van der Waals surface area (Å²) in [6.07, 6.45) is 6.54. The average Bonchev–Trinajstić information content (AvgIpc) is 3.12. The fraction of sp³-hybridized carbons (Fsp3) is 0.462. The van der Waals surface area contributed by atoms with Gasteiger partial charge in [0, 0.05) is 28.7 Å². The van der Waals surface area contributed by atoms with Crippen LogP contribution in [-0.4, -0.2) is 22.5 Å². The van der Waals surface area contributed by atoms with E-state index >= 15 is 0 Å². The van der Waals surface area contributed by atoms with Gasteiger partial charge in [-0.1, -0.05) is 0 Å². The lowest BCUT2D eigenvalue weighted by Gasteiger charge is -2.08. The van der Waals surface area contributed by atoms with Crippen molar-refractivity contribution in [3.05, 3.63) is 31.6 Å². The third-order valence-electron chi connectivity index (χ3n) is 3.21. The molecular weight excluding hydrogens is 406 g/mol. The number of aromatic nitrogens is 2. The Labute approximate surface area is 138 Å². The molecule has 3 heterocycles. The second-order valence-electron chi connectivity index (χ2n) is 4.77. The van der Waals surface area contributed by atoms with Crippen molar-refractivity contribution in [1.29, 1.82) is 0 Å². The maximum Gasteiger partial charge on any atom is 0.0843 e. The lowest BCUT2D eigenvalue weighted by molar-refractivity contribution is 0.0940. The van der Waals surface area contributed by atoms with Crippen molar-refractivity contribution in [2.75, 3.05) is 11.9 Å². The Bertz CT molecular complexity index is 558. The van der Waals surface area contributed by atoms with Crippen molar-refractivity contribution < 1.29 is 4.74 Å². The van der Waals surface area contributed by atoms with Gasteiger partial charge in [-0.25, -0.2) is 0 Å². The van der Waals surface area contributed by atoms with Gasteiger partial charge in [0.1, 0.15) is 0 Å². The van der Waals surface area contributed by atoms with Crippen LogP contribution >= 0.6 is 43.2 Å². The van der Waals surface area contributed by atoms with Gasteiger partial charge in [-0.2, -0.15) is 5.10 Å². The van der Waals surface area contributed by atoms with E-state index in [1.54, 1.807) is 11.3 Å². The lowest BCUT2D eigenvalue weighted by Crippen LogP contribution is -2.15. The zero-order valence-corrected chi connectivity index (χ0v) is 14.8. The van der Waals surface area contributed by atoms with Crippen molar-refractivity contribution in [3.63, 3.8) is 0 Å². The number of hydrogen-bond acceptors (Lipinski definition) is 4. The Morgan fingerprint density at radius 3 is 3.10 bits per heavy atom. The lowest BCUT2D eigenvalue weighted by atomic mass is 10.2. The predicted molar refractivity (Wildman–Crippen MR) is 88.2 cm³/mol. The van der Waals surface area contributed by atoms with Gasteiger partial charge in [-0.3, -0.25) is 4.68 Å². The molecule has 1 saturated heterocycles. The van der Waals surface area contributed by atoms with Crippen LogP contribution in [0.2, 0.25) is 0 Å². The molecule has 0 bridgehead atoms. The molecule has 3 rings (SSSR count). The van der Waals surface area contributed by atoms with Gasteiger partial charge >= 0.3 is 0 Å². The molecule has 0 amide bonds. The number of thiophene rings is 1. The number of nitrogens with one attached hydrogen (secondary N) is 1. The summed E-state index contributed by atoms with van der Waals surface area (Å²) in [7, 11) is 0. The van der Waals surface area contributed by atoms with Crippen LogP contribution in [0.15, 0.2) is 26.7 Å². The number of hydrogen-bond donors (Lipinski definition) is 1. The van der Waals surface area contributed by atoms with Gasteiger partial charge in [-0.15, -0.1) is 11.3 Å². The smallest absolute Gasteiger partial charge is 0.0843 e. The highest BCUT2D eigenvalue weighted by Crippen LogP contribution is 2.32. The number of nitrogens with zero attached hydrogens (tertiary/aromatic N) is 2. The topological polar surface area (TPSA) is 39.1 Å². The van der Waals surface area contributed by atoms with Crippen LogP contribution in [0.25, 0.3) is 0 Å². The molecule has 108 valence electrons. The van der Waals surface area contributed by atoms with Crippen molar-refractivity contribution in [1.82, 2.24) is 9.78 Å². The second kappa shape index (κ2) is 6.60. The van der Waals surface area contributed by atoms with Crippen LogP contribution < -0.4 is 5.32 Å². The monoisotopic (exact) mass is 419 g/mol. The first-order valence-electron chi connectivity index (χ1n) is 6.52. The molecule has 0 aliphatic carbocycles. The minimum atomic E-state index is 0.326. The first-order chi connectivity index (χ1) is 9.70. The van der Waals surface area contributed by atoms with E-state index in [0.29, 0.717) is 6.10 Å². The van der Waals surface area contributed by atoms with Crippen molar-refractivity contribution in [2.24, 2.45) is 0 Å². The van der Waals surface area contributed by atoms with Crippen LogP contribution in [0.1, 0.15) is 17.7 Å². The molecule has 0 saturated carbocycles. The van der Waals surface area contributed by atoms with Crippen molar-refractivity contribution in [2.45, 2.75) is 32.0 Å². The van der Waals surface area contributed by atoms with E-state index in [9.17, 15) is 0 Å². The molecule has 0 radical (unpaired) electrons. The van der Waals surface area contributed by atoms with Gasteiger partial charge in [0.2, 0.25) is 0 Å². The SMILES string of the molecule is Brc1cc(CNc2cnn(CC3CCCO3)c2)sc1Br. The molecule has 0 aromatic carbocycles. The molecule has 1 aliphatic heterocycles. The van der Waals surface area contributed by atoms with E-state index in [-0.39, 0.29) is 0 Å². The summed E-state index contributed by atoms with van der Waals surface area (Å²) >= 11 is 8.74. The molecule has 1 unspecified atom stereocenters. The van der Waals surface area contributed by atoms with Gasteiger partial charge in [0.15, 0.2) is 0 Å². The maximum absolute atomic E-state index is 5.62. The fourth-order valence-electron chi connectivity index (χ4n) is 2.22. The summed E-state index contributed by atoms with van der Waals surface area (Å²) in [4.78, 5) is 1.27. The quantitative estimate of drug-likeness (QED) is 0.785. The summed E-state index contributed by atoms with van der Waals surface area (Å²) in [6, 6.07) is 2.12. The Kier molecular flexibility index (Phi) is 4.80. The largest absolute Gasteiger partial charge is 0.378 e. The molecule has 1 fully saturated rings. The van der Waals surface area contributed by atoms with Gasteiger partial charge < -0.3 is 10.1 Å². The first kappa shape index (κ1) is 14.6. The van der Waals surface area contributed by atoms with Crippen LogP contribution in [0.5, 0.6) is 0 Å². The fourth-order valence-corrected chi connectivity index (χ4v) is 4.34. The van der Waals surface area contributed by atoms with Gasteiger partial charge in [0.05, 0.1) is 28.3 Å². The number of halogens is 2. The summed E-state index contributed by atoms with van der Waals surface area (Å²) in [5, 5.41) is 7.77. The van der Waals surface area contributed by atoms with E-state index in [1.165, 1.54) is 11.3 Å². The maximum atomic E-state index is 5.62. The first-order valence-corrected chi connectivity index (χ1v) is 8.92. The van der Waals surface area contributed by atoms with E-state index in [1.807, 2.05) is 17.1 Å². The number of ether oxygens (including phenoxy) is 1. The third kappa shape index (κ3) is 3.63. The third-order valence-corrected chi connectivity index (χ3v) is 6.47. The number of rotatable bonds is 5. The predicted octanol–water partition coefficient (Wildman–Crippen LogP) is 4.26. The minimum Gasteiger partial charge on any atom is -0.378 e. The molecule has 2 aromatic rings. The molecular formula is C13H15Br2N3OS. The molecule has 0 spiro atoms. The normalized spacial score (nSPS) is 18.6. The molecule has 20 heavy (non-hydrogen) atoms. The van der Waals surface area contributed by atoms with E-state index < -0.39 is 0 Å². The second-order valence-corrected chi connectivity index (χ2v) is 8.08. The summed E-state index contributed by atoms with van der Waals surface area (Å²) in [5.41, 5.74) is 1.05. The molecule has 1 aliphatic rings. The highest BCUT2D eigenvalue weighted by atomic mass is 79.9. The van der Waals surface area contributed by atoms with E-state index in [4.69, 9.17) is 4.74 Å². The Hall–Kier alpha value is -0.370. The molecule has 1 atom stereocenters. The molecule has 4 nitrogen and oxygen atoms in total. The zero-order valence-electron chi connectivity index (χ0n) is 10.8. The minimum absolute atomic E-state index is 0.326. The van der Waals surface area contributed by atoms with E-state index in [0.717, 1.165) is 40.1 Å². The highest BCUT2D eigenvalue weighted by molar-refractivity contribution is 9.13. The Morgan fingerprint density at radius 2 is 2.40 bits per heavy atom. The summed E-state index contributed by atoms with van der Waals surface area (Å²) in [5.74, 6) is 0. The molecule has 7 heteroatoms. The van der Waals surface area contributed by atoms with E-state index in [2.05, 4.69) is 48.3 Å². The van der Waals surface area contributed by atoms with Gasteiger partial charge in [-0.05, 0) is 50.8 Å². The Morgan fingerprint density at radius 1 is 1.50 bits per heavy atom. The van der Waals surface area contributed by atoms with Crippen LogP contribution in [-0.2, 0) is 17.8 Å². The van der Waals surface area contributed by atoms with Gasteiger partial charge in [0.25, 0.3) is 0 Å². The van der Waals surface area contributed by atoms with Crippen LogP contribution in [0, 0.1) is 0 Å². The molecule has 1 N–H and O–H groups in total. The molecule has 2 aromatic heterocycles. The Balaban J connectivity index is 1.54. The van der Waals surface area contributed by atoms with Crippen LogP contribution in [0.3, 0.4) is 0 Å². The standard InChI is InChI=1S/C13H15Br2N3OS/c14-12-4-11(20-13(12)15)6-16-9-5-17-18(7-9)8-10-2-1-3-19-10/h4-5,7,10,16H,1-3,6,8H2. The van der Waals surface area contributed by atoms with Crippen molar-refractivity contribution >= 4 is 48.9 Å². The van der Waals surface area contributed by atoms with Crippen molar-refractivity contribution in [3.8, 4) is 0 Å². The highest BCUT2D eigenvalue weighted by Gasteiger charge is 2.16. The zero-order chi connectivity index (χ0) is 13.9. The average molecular weight is 421 g/mol. The number of anilines is 1. The summed E-state index contributed by atoms with van der Waals surface area (Å²) < 4.78 is 9.81. The summed E-state index contributed by atoms with van der Waals surface area (Å²) in [6.45, 7) is 2.54.